The summed E-state index contributed by atoms with van der Waals surface area (Å²) in [4.78, 5) is 4.31. The molecule has 1 heterocycles. The van der Waals surface area contributed by atoms with E-state index in [2.05, 4.69) is 25.8 Å². The maximum atomic E-state index is 6.05. The topological polar surface area (TPSA) is 48.1 Å². The van der Waals surface area contributed by atoms with Gasteiger partial charge in [-0.2, -0.15) is 0 Å². The van der Waals surface area contributed by atoms with Crippen LogP contribution in [0, 0.1) is 0 Å². The highest BCUT2D eigenvalue weighted by Crippen LogP contribution is 2.26. The summed E-state index contributed by atoms with van der Waals surface area (Å²) in [5, 5.41) is 0. The lowest BCUT2D eigenvalue weighted by molar-refractivity contribution is -0.0850. The molecule has 0 radical (unpaired) electrons. The van der Waals surface area contributed by atoms with Crippen LogP contribution in [0.2, 0.25) is 0 Å². The van der Waals surface area contributed by atoms with Crippen LogP contribution in [0.25, 0.3) is 0 Å². The predicted octanol–water partition coefficient (Wildman–Crippen LogP) is 2.68. The van der Waals surface area contributed by atoms with E-state index in [1.165, 1.54) is 0 Å². The molecule has 0 bridgehead atoms. The fraction of sp³-hybridized carbons (Fsp3) is 0.615. The van der Waals surface area contributed by atoms with Crippen LogP contribution < -0.4 is 5.73 Å². The average Bonchev–Trinajstić information content (AvgIpc) is 2.27. The second kappa shape index (κ2) is 5.41. The predicted molar refractivity (Wildman–Crippen MR) is 66.1 cm³/mol. The van der Waals surface area contributed by atoms with E-state index in [1.54, 1.807) is 6.20 Å². The number of ether oxygens (including phenoxy) is 1. The molecule has 2 atom stereocenters. The van der Waals surface area contributed by atoms with Crippen LogP contribution in [-0.4, -0.2) is 16.6 Å². The third-order valence-corrected chi connectivity index (χ3v) is 2.75. The largest absolute Gasteiger partial charge is 0.364 e. The summed E-state index contributed by atoms with van der Waals surface area (Å²) in [6, 6.07) is 5.74. The number of pyridine rings is 1. The fourth-order valence-corrected chi connectivity index (χ4v) is 1.41. The molecule has 2 unspecified atom stereocenters. The lowest BCUT2D eigenvalue weighted by Gasteiger charge is -2.31. The van der Waals surface area contributed by atoms with Gasteiger partial charge < -0.3 is 10.5 Å². The van der Waals surface area contributed by atoms with Crippen molar-refractivity contribution in [2.24, 2.45) is 5.73 Å². The van der Waals surface area contributed by atoms with Gasteiger partial charge in [0.25, 0.3) is 0 Å². The first-order valence-corrected chi connectivity index (χ1v) is 5.80. The lowest BCUT2D eigenvalue weighted by atomic mass is 10.0. The molecule has 3 heteroatoms. The Morgan fingerprint density at radius 3 is 2.56 bits per heavy atom. The Balaban J connectivity index is 2.85. The maximum Gasteiger partial charge on any atom is 0.115 e. The number of hydrogen-bond acceptors (Lipinski definition) is 3. The Hall–Kier alpha value is -0.930. The second-order valence-corrected chi connectivity index (χ2v) is 4.77. The quantitative estimate of drug-likeness (QED) is 0.833. The van der Waals surface area contributed by atoms with E-state index in [1.807, 2.05) is 25.1 Å². The van der Waals surface area contributed by atoms with E-state index < -0.39 is 0 Å². The van der Waals surface area contributed by atoms with Crippen LogP contribution in [0.4, 0.5) is 0 Å². The van der Waals surface area contributed by atoms with Crippen molar-refractivity contribution in [2.45, 2.75) is 51.9 Å². The second-order valence-electron chi connectivity index (χ2n) is 4.77. The number of nitrogens with zero attached hydrogens (tertiary/aromatic N) is 1. The van der Waals surface area contributed by atoms with Crippen LogP contribution in [0.15, 0.2) is 24.4 Å². The Labute approximate surface area is 98.0 Å². The van der Waals surface area contributed by atoms with Crippen molar-refractivity contribution in [3.05, 3.63) is 30.1 Å². The minimum atomic E-state index is -0.171. The molecule has 1 rings (SSSR count). The van der Waals surface area contributed by atoms with Gasteiger partial charge in [0.2, 0.25) is 0 Å². The molecule has 1 aromatic heterocycles. The molecule has 2 N–H and O–H groups in total. The Morgan fingerprint density at radius 1 is 1.44 bits per heavy atom. The monoisotopic (exact) mass is 222 g/mol. The first-order chi connectivity index (χ1) is 7.46. The first-order valence-electron chi connectivity index (χ1n) is 5.80. The Morgan fingerprint density at radius 2 is 2.12 bits per heavy atom. The molecular weight excluding hydrogens is 200 g/mol. The molecule has 3 nitrogen and oxygen atoms in total. The molecule has 0 spiro atoms. The third kappa shape index (κ3) is 3.58. The zero-order valence-electron chi connectivity index (χ0n) is 10.6. The number of aromatic nitrogens is 1. The van der Waals surface area contributed by atoms with Crippen molar-refractivity contribution in [1.82, 2.24) is 4.98 Å². The van der Waals surface area contributed by atoms with Crippen molar-refractivity contribution in [3.8, 4) is 0 Å². The molecule has 0 saturated heterocycles. The van der Waals surface area contributed by atoms with Crippen LogP contribution in [0.1, 0.15) is 45.9 Å². The summed E-state index contributed by atoms with van der Waals surface area (Å²) >= 11 is 0. The van der Waals surface area contributed by atoms with Gasteiger partial charge >= 0.3 is 0 Å². The van der Waals surface area contributed by atoms with Gasteiger partial charge in [-0.25, -0.2) is 0 Å². The van der Waals surface area contributed by atoms with Gasteiger partial charge in [0.15, 0.2) is 0 Å². The summed E-state index contributed by atoms with van der Waals surface area (Å²) in [7, 11) is 0. The number of nitrogens with two attached hydrogens (primary N) is 1. The third-order valence-electron chi connectivity index (χ3n) is 2.75. The van der Waals surface area contributed by atoms with Crippen molar-refractivity contribution < 1.29 is 4.74 Å². The number of hydrogen-bond donors (Lipinski definition) is 1. The Kier molecular flexibility index (Phi) is 4.44. The van der Waals surface area contributed by atoms with E-state index in [4.69, 9.17) is 10.5 Å². The van der Waals surface area contributed by atoms with Crippen LogP contribution in [0.5, 0.6) is 0 Å². The molecular formula is C13H22N2O. The van der Waals surface area contributed by atoms with Gasteiger partial charge in [0.1, 0.15) is 6.10 Å². The fourth-order valence-electron chi connectivity index (χ4n) is 1.41. The van der Waals surface area contributed by atoms with E-state index in [0.717, 1.165) is 12.1 Å². The smallest absolute Gasteiger partial charge is 0.115 e. The lowest BCUT2D eigenvalue weighted by Crippen LogP contribution is -2.35. The zero-order chi connectivity index (χ0) is 12.2. The minimum absolute atomic E-state index is 0.0688. The average molecular weight is 222 g/mol. The van der Waals surface area contributed by atoms with Gasteiger partial charge in [-0.3, -0.25) is 4.98 Å². The highest BCUT2D eigenvalue weighted by molar-refractivity contribution is 5.09. The number of rotatable bonds is 5. The van der Waals surface area contributed by atoms with Crippen LogP contribution in [0.3, 0.4) is 0 Å². The normalized spacial score (nSPS) is 15.8. The molecule has 16 heavy (non-hydrogen) atoms. The highest BCUT2D eigenvalue weighted by atomic mass is 16.5. The molecule has 1 aromatic rings. The molecule has 90 valence electrons. The standard InChI is InChI=1S/C13H22N2O/c1-5-13(3,4)16-12(10(2)14)11-8-6-7-9-15-11/h6-10,12H,5,14H2,1-4H3. The van der Waals surface area contributed by atoms with Gasteiger partial charge in [-0.1, -0.05) is 13.0 Å². The van der Waals surface area contributed by atoms with Crippen molar-refractivity contribution in [1.29, 1.82) is 0 Å². The molecule has 0 aliphatic heterocycles. The van der Waals surface area contributed by atoms with Gasteiger partial charge in [-0.05, 0) is 39.3 Å². The van der Waals surface area contributed by atoms with E-state index in [-0.39, 0.29) is 17.7 Å². The van der Waals surface area contributed by atoms with Crippen LogP contribution in [-0.2, 0) is 4.74 Å². The molecule has 0 aliphatic rings. The van der Waals surface area contributed by atoms with Crippen molar-refractivity contribution in [2.75, 3.05) is 0 Å². The molecule has 0 saturated carbocycles. The summed E-state index contributed by atoms with van der Waals surface area (Å²) in [5.74, 6) is 0. The van der Waals surface area contributed by atoms with Crippen molar-refractivity contribution in [3.63, 3.8) is 0 Å². The minimum Gasteiger partial charge on any atom is -0.364 e. The zero-order valence-corrected chi connectivity index (χ0v) is 10.6. The highest BCUT2D eigenvalue weighted by Gasteiger charge is 2.26. The summed E-state index contributed by atoms with van der Waals surface area (Å²) < 4.78 is 6.05. The van der Waals surface area contributed by atoms with Gasteiger partial charge in [0.05, 0.1) is 11.3 Å². The van der Waals surface area contributed by atoms with Crippen LogP contribution >= 0.6 is 0 Å². The summed E-state index contributed by atoms with van der Waals surface area (Å²) in [6.45, 7) is 8.21. The van der Waals surface area contributed by atoms with E-state index in [9.17, 15) is 0 Å². The first kappa shape index (κ1) is 13.1. The summed E-state index contributed by atoms with van der Waals surface area (Å²) in [6.07, 6.45) is 2.58. The maximum absolute atomic E-state index is 6.05. The SMILES string of the molecule is CCC(C)(C)OC(c1ccccn1)C(C)N. The molecule has 0 aliphatic carbocycles. The molecule has 0 amide bonds. The summed E-state index contributed by atoms with van der Waals surface area (Å²) in [5.41, 5.74) is 6.70. The van der Waals surface area contributed by atoms with Gasteiger partial charge in [0, 0.05) is 12.2 Å². The molecule has 0 aromatic carbocycles. The van der Waals surface area contributed by atoms with E-state index in [0.29, 0.717) is 0 Å². The van der Waals surface area contributed by atoms with E-state index >= 15 is 0 Å². The van der Waals surface area contributed by atoms with Gasteiger partial charge in [-0.15, -0.1) is 0 Å². The Bertz CT molecular complexity index is 309. The van der Waals surface area contributed by atoms with Crippen molar-refractivity contribution >= 4 is 0 Å². The molecule has 0 fully saturated rings.